The van der Waals surface area contributed by atoms with Crippen LogP contribution in [0.25, 0.3) is 0 Å². The van der Waals surface area contributed by atoms with Crippen molar-refractivity contribution < 1.29 is 17.9 Å². The van der Waals surface area contributed by atoms with Crippen LogP contribution in [0.5, 0.6) is 11.5 Å². The van der Waals surface area contributed by atoms with Crippen LogP contribution in [0.15, 0.2) is 42.5 Å². The predicted molar refractivity (Wildman–Crippen MR) is 67.4 cm³/mol. The van der Waals surface area contributed by atoms with Crippen LogP contribution >= 0.6 is 11.6 Å². The fourth-order valence-electron chi connectivity index (χ4n) is 1.43. The Balaban J connectivity index is 2.17. The summed E-state index contributed by atoms with van der Waals surface area (Å²) >= 11 is 5.75. The molecule has 0 aliphatic rings. The average Bonchev–Trinajstić information content (AvgIpc) is 2.33. The van der Waals surface area contributed by atoms with Crippen LogP contribution in [0.3, 0.4) is 0 Å². The van der Waals surface area contributed by atoms with Crippen molar-refractivity contribution in [3.63, 3.8) is 0 Å². The fraction of sp³-hybridized carbons (Fsp3) is 0.0769. The summed E-state index contributed by atoms with van der Waals surface area (Å²) in [7, 11) is 0. The van der Waals surface area contributed by atoms with Gasteiger partial charge in [0.1, 0.15) is 11.5 Å². The van der Waals surface area contributed by atoms with E-state index in [1.54, 1.807) is 12.1 Å². The van der Waals surface area contributed by atoms with Gasteiger partial charge in [0.15, 0.2) is 0 Å². The van der Waals surface area contributed by atoms with Gasteiger partial charge in [0, 0.05) is 6.07 Å². The zero-order valence-corrected chi connectivity index (χ0v) is 10.3. The molecular weight excluding hydrogens is 279 g/mol. The van der Waals surface area contributed by atoms with E-state index in [0.717, 1.165) is 12.1 Å². The number of hydrogen-bond donors (Lipinski definition) is 1. The Kier molecular flexibility index (Phi) is 3.57. The van der Waals surface area contributed by atoms with E-state index in [1.807, 2.05) is 0 Å². The first-order chi connectivity index (χ1) is 8.86. The molecule has 0 spiro atoms. The van der Waals surface area contributed by atoms with E-state index in [0.29, 0.717) is 16.5 Å². The number of anilines is 1. The topological polar surface area (TPSA) is 35.2 Å². The number of rotatable bonds is 2. The molecule has 2 aromatic rings. The lowest BCUT2D eigenvalue weighted by Gasteiger charge is -2.09. The molecule has 0 saturated carbocycles. The number of nitrogen functional groups attached to an aromatic ring is 1. The Hall–Kier alpha value is -1.88. The van der Waals surface area contributed by atoms with E-state index in [9.17, 15) is 13.2 Å². The number of alkyl halides is 3. The van der Waals surface area contributed by atoms with E-state index in [2.05, 4.69) is 0 Å². The molecule has 0 aliphatic heterocycles. The van der Waals surface area contributed by atoms with Gasteiger partial charge in [-0.1, -0.05) is 11.6 Å². The molecule has 0 amide bonds. The third-order valence-corrected chi connectivity index (χ3v) is 2.73. The highest BCUT2D eigenvalue weighted by atomic mass is 35.5. The standard InChI is InChI=1S/C13H9ClF3NO/c14-11-6-5-10(7-12(11)18)19-9-3-1-8(2-4-9)13(15,16)17/h1-7H,18H2. The lowest BCUT2D eigenvalue weighted by molar-refractivity contribution is -0.137. The number of hydrogen-bond acceptors (Lipinski definition) is 2. The summed E-state index contributed by atoms with van der Waals surface area (Å²) in [6.45, 7) is 0. The van der Waals surface area contributed by atoms with Crippen LogP contribution in [0, 0.1) is 0 Å². The van der Waals surface area contributed by atoms with E-state index < -0.39 is 11.7 Å². The third-order valence-electron chi connectivity index (χ3n) is 2.38. The number of benzene rings is 2. The first-order valence-corrected chi connectivity index (χ1v) is 5.64. The van der Waals surface area contributed by atoms with Gasteiger partial charge in [-0.3, -0.25) is 0 Å². The summed E-state index contributed by atoms with van der Waals surface area (Å²) in [5.74, 6) is 0.691. The van der Waals surface area contributed by atoms with Gasteiger partial charge in [0.05, 0.1) is 16.3 Å². The Labute approximate surface area is 112 Å². The van der Waals surface area contributed by atoms with Crippen molar-refractivity contribution in [2.24, 2.45) is 0 Å². The molecule has 2 rings (SSSR count). The maximum Gasteiger partial charge on any atom is 0.416 e. The van der Waals surface area contributed by atoms with Crippen LogP contribution in [0.1, 0.15) is 5.56 Å². The van der Waals surface area contributed by atoms with Crippen molar-refractivity contribution in [1.82, 2.24) is 0 Å². The molecule has 0 bridgehead atoms. The zero-order valence-electron chi connectivity index (χ0n) is 9.54. The highest BCUT2D eigenvalue weighted by molar-refractivity contribution is 6.33. The predicted octanol–water partition coefficient (Wildman–Crippen LogP) is 4.73. The van der Waals surface area contributed by atoms with E-state index in [-0.39, 0.29) is 5.75 Å². The quantitative estimate of drug-likeness (QED) is 0.810. The van der Waals surface area contributed by atoms with Gasteiger partial charge in [-0.25, -0.2) is 0 Å². The van der Waals surface area contributed by atoms with Crippen molar-refractivity contribution in [3.05, 3.63) is 53.1 Å². The van der Waals surface area contributed by atoms with Crippen molar-refractivity contribution in [3.8, 4) is 11.5 Å². The molecule has 2 nitrogen and oxygen atoms in total. The average molecular weight is 288 g/mol. The molecular formula is C13H9ClF3NO. The second-order valence-corrected chi connectivity index (χ2v) is 4.21. The monoisotopic (exact) mass is 287 g/mol. The lowest BCUT2D eigenvalue weighted by Crippen LogP contribution is -2.03. The summed E-state index contributed by atoms with van der Waals surface area (Å²) in [6.07, 6.45) is -4.36. The minimum absolute atomic E-state index is 0.287. The Bertz CT molecular complexity index is 581. The summed E-state index contributed by atoms with van der Waals surface area (Å²) < 4.78 is 42.5. The third kappa shape index (κ3) is 3.32. The van der Waals surface area contributed by atoms with Crippen LogP contribution < -0.4 is 10.5 Å². The van der Waals surface area contributed by atoms with Crippen molar-refractivity contribution >= 4 is 17.3 Å². The Morgan fingerprint density at radius 1 is 0.947 bits per heavy atom. The largest absolute Gasteiger partial charge is 0.457 e. The number of ether oxygens (including phenoxy) is 1. The van der Waals surface area contributed by atoms with E-state index in [1.165, 1.54) is 18.2 Å². The highest BCUT2D eigenvalue weighted by Crippen LogP contribution is 2.32. The maximum absolute atomic E-state index is 12.4. The van der Waals surface area contributed by atoms with Gasteiger partial charge in [0.2, 0.25) is 0 Å². The molecule has 0 atom stereocenters. The summed E-state index contributed by atoms with van der Waals surface area (Å²) in [5, 5.41) is 0.389. The van der Waals surface area contributed by atoms with Gasteiger partial charge in [-0.05, 0) is 36.4 Å². The zero-order chi connectivity index (χ0) is 14.0. The van der Waals surface area contributed by atoms with Crippen molar-refractivity contribution in [1.29, 1.82) is 0 Å². The first-order valence-electron chi connectivity index (χ1n) is 5.26. The second-order valence-electron chi connectivity index (χ2n) is 3.81. The number of nitrogens with two attached hydrogens (primary N) is 1. The Morgan fingerprint density at radius 3 is 2.05 bits per heavy atom. The highest BCUT2D eigenvalue weighted by Gasteiger charge is 2.30. The van der Waals surface area contributed by atoms with Gasteiger partial charge in [0.25, 0.3) is 0 Å². The molecule has 0 radical (unpaired) electrons. The fourth-order valence-corrected chi connectivity index (χ4v) is 1.55. The van der Waals surface area contributed by atoms with Crippen molar-refractivity contribution in [2.45, 2.75) is 6.18 Å². The summed E-state index contributed by atoms with van der Waals surface area (Å²) in [5.41, 5.74) is 5.21. The van der Waals surface area contributed by atoms with Gasteiger partial charge in [-0.2, -0.15) is 13.2 Å². The molecule has 0 heterocycles. The Morgan fingerprint density at radius 2 is 1.53 bits per heavy atom. The lowest BCUT2D eigenvalue weighted by atomic mass is 10.2. The maximum atomic E-state index is 12.4. The van der Waals surface area contributed by atoms with Crippen LogP contribution in [-0.4, -0.2) is 0 Å². The molecule has 0 fully saturated rings. The van der Waals surface area contributed by atoms with E-state index in [4.69, 9.17) is 22.1 Å². The minimum atomic E-state index is -4.36. The summed E-state index contributed by atoms with van der Waals surface area (Å²) in [4.78, 5) is 0. The molecule has 0 saturated heterocycles. The van der Waals surface area contributed by atoms with Gasteiger partial charge < -0.3 is 10.5 Å². The van der Waals surface area contributed by atoms with Gasteiger partial charge in [-0.15, -0.1) is 0 Å². The second kappa shape index (κ2) is 5.01. The molecule has 2 N–H and O–H groups in total. The smallest absolute Gasteiger partial charge is 0.416 e. The molecule has 0 aliphatic carbocycles. The van der Waals surface area contributed by atoms with Crippen LogP contribution in [0.4, 0.5) is 18.9 Å². The van der Waals surface area contributed by atoms with Crippen molar-refractivity contribution in [2.75, 3.05) is 5.73 Å². The normalized spacial score (nSPS) is 11.4. The minimum Gasteiger partial charge on any atom is -0.457 e. The molecule has 0 aromatic heterocycles. The molecule has 100 valence electrons. The number of halogens is 4. The van der Waals surface area contributed by atoms with Gasteiger partial charge >= 0.3 is 6.18 Å². The molecule has 2 aromatic carbocycles. The molecule has 6 heteroatoms. The van der Waals surface area contributed by atoms with Crippen LogP contribution in [-0.2, 0) is 6.18 Å². The molecule has 19 heavy (non-hydrogen) atoms. The van der Waals surface area contributed by atoms with Crippen LogP contribution in [0.2, 0.25) is 5.02 Å². The SMILES string of the molecule is Nc1cc(Oc2ccc(C(F)(F)F)cc2)ccc1Cl. The van der Waals surface area contributed by atoms with E-state index >= 15 is 0 Å². The first kappa shape index (κ1) is 13.5. The molecule has 0 unspecified atom stereocenters. The summed E-state index contributed by atoms with van der Waals surface area (Å²) in [6, 6.07) is 9.02.